The monoisotopic (exact) mass is 243 g/mol. The van der Waals surface area contributed by atoms with Crippen molar-refractivity contribution in [2.45, 2.75) is 12.5 Å². The Morgan fingerprint density at radius 3 is 2.88 bits per heavy atom. The number of Topliss-reactive ketones (excluding diaryl/α,β-unsaturated/α-hetero) is 1. The number of carbonyl (C=O) groups is 1. The molecular weight excluding hydrogens is 233 g/mol. The van der Waals surface area contributed by atoms with Crippen LogP contribution in [0.2, 0.25) is 5.02 Å². The molecule has 0 aromatic heterocycles. The van der Waals surface area contributed by atoms with Gasteiger partial charge in [0.1, 0.15) is 11.9 Å². The highest BCUT2D eigenvalue weighted by Crippen LogP contribution is 2.24. The Bertz CT molecular complexity index is 424. The molecule has 1 saturated heterocycles. The lowest BCUT2D eigenvalue weighted by molar-refractivity contribution is -0.127. The number of carbonyl (C=O) groups excluding carboxylic acids is 1. The topological polar surface area (TPSA) is 40.5 Å². The van der Waals surface area contributed by atoms with Gasteiger partial charge < -0.3 is 10.0 Å². The number of β-amino-alcohol motifs (C(OH)–C–C–N with tert-alkyl or cyclic N) is 1. The molecule has 1 atom stereocenters. The number of hydrogen-bond acceptors (Lipinski definition) is 3. The van der Waals surface area contributed by atoms with Crippen molar-refractivity contribution < 1.29 is 14.3 Å². The molecule has 1 aromatic rings. The van der Waals surface area contributed by atoms with E-state index in [1.54, 1.807) is 17.0 Å². The number of anilines is 1. The van der Waals surface area contributed by atoms with E-state index in [0.29, 0.717) is 17.3 Å². The average molecular weight is 244 g/mol. The zero-order chi connectivity index (χ0) is 11.7. The fourth-order valence-corrected chi connectivity index (χ4v) is 1.93. The molecule has 1 N–H and O–H groups in total. The van der Waals surface area contributed by atoms with Crippen molar-refractivity contribution in [1.29, 1.82) is 0 Å². The largest absolute Gasteiger partial charge is 0.383 e. The highest BCUT2D eigenvalue weighted by Gasteiger charge is 2.26. The fraction of sp³-hybridized carbons (Fsp3) is 0.364. The summed E-state index contributed by atoms with van der Waals surface area (Å²) in [5, 5.41) is 9.74. The van der Waals surface area contributed by atoms with Crippen LogP contribution in [0, 0.1) is 5.82 Å². The van der Waals surface area contributed by atoms with E-state index in [2.05, 4.69) is 0 Å². The van der Waals surface area contributed by atoms with Gasteiger partial charge in [0.05, 0.1) is 12.2 Å². The molecule has 0 bridgehead atoms. The summed E-state index contributed by atoms with van der Waals surface area (Å²) in [6.07, 6.45) is -0.785. The van der Waals surface area contributed by atoms with Gasteiger partial charge >= 0.3 is 0 Å². The minimum Gasteiger partial charge on any atom is -0.383 e. The highest BCUT2D eigenvalue weighted by atomic mass is 35.5. The van der Waals surface area contributed by atoms with Crippen molar-refractivity contribution in [3.63, 3.8) is 0 Å². The van der Waals surface area contributed by atoms with Gasteiger partial charge in [0, 0.05) is 18.0 Å². The molecule has 0 saturated carbocycles. The normalized spacial score (nSPS) is 21.3. The molecule has 16 heavy (non-hydrogen) atoms. The molecule has 1 aromatic carbocycles. The first-order valence-electron chi connectivity index (χ1n) is 4.98. The summed E-state index contributed by atoms with van der Waals surface area (Å²) in [4.78, 5) is 12.8. The first kappa shape index (κ1) is 11.4. The van der Waals surface area contributed by atoms with Crippen molar-refractivity contribution in [3.8, 4) is 0 Å². The Hall–Kier alpha value is -1.13. The number of hydrogen-bond donors (Lipinski definition) is 1. The standard InChI is InChI=1S/C11H11ClFNO2/c12-7-1-2-9(8(13)5-7)14-4-3-10(15)11(16)6-14/h1-2,5,11,16H,3-4,6H2/t11-/m0/s1. The summed E-state index contributed by atoms with van der Waals surface area (Å²) >= 11 is 5.65. The third kappa shape index (κ3) is 2.18. The van der Waals surface area contributed by atoms with Crippen LogP contribution in [0.3, 0.4) is 0 Å². The van der Waals surface area contributed by atoms with E-state index in [0.717, 1.165) is 0 Å². The lowest BCUT2D eigenvalue weighted by atomic mass is 10.1. The number of nitrogens with zero attached hydrogens (tertiary/aromatic N) is 1. The molecule has 0 spiro atoms. The Morgan fingerprint density at radius 2 is 2.25 bits per heavy atom. The van der Waals surface area contributed by atoms with E-state index in [-0.39, 0.29) is 18.7 Å². The van der Waals surface area contributed by atoms with Gasteiger partial charge in [0.2, 0.25) is 0 Å². The molecule has 1 aliphatic rings. The maximum absolute atomic E-state index is 13.6. The summed E-state index contributed by atoms with van der Waals surface area (Å²) in [6.45, 7) is 0.561. The summed E-state index contributed by atoms with van der Waals surface area (Å²) in [5.74, 6) is -0.625. The van der Waals surface area contributed by atoms with Crippen LogP contribution in [0.5, 0.6) is 0 Å². The number of benzene rings is 1. The molecule has 1 fully saturated rings. The van der Waals surface area contributed by atoms with Crippen LogP contribution < -0.4 is 4.90 Å². The minimum absolute atomic E-state index is 0.136. The van der Waals surface area contributed by atoms with Crippen LogP contribution in [0.4, 0.5) is 10.1 Å². The molecule has 86 valence electrons. The minimum atomic E-state index is -1.02. The van der Waals surface area contributed by atoms with E-state index in [9.17, 15) is 14.3 Å². The van der Waals surface area contributed by atoms with Crippen molar-refractivity contribution >= 4 is 23.1 Å². The number of aliphatic hydroxyl groups is 1. The van der Waals surface area contributed by atoms with Gasteiger partial charge in [-0.05, 0) is 18.2 Å². The predicted molar refractivity (Wildman–Crippen MR) is 59.3 cm³/mol. The molecule has 0 aliphatic carbocycles. The Balaban J connectivity index is 2.21. The van der Waals surface area contributed by atoms with E-state index in [1.165, 1.54) is 6.07 Å². The van der Waals surface area contributed by atoms with Crippen LogP contribution in [0.1, 0.15) is 6.42 Å². The quantitative estimate of drug-likeness (QED) is 0.815. The molecular formula is C11H11ClFNO2. The molecule has 0 unspecified atom stereocenters. The molecule has 2 rings (SSSR count). The third-order valence-corrected chi connectivity index (χ3v) is 2.88. The van der Waals surface area contributed by atoms with Crippen molar-refractivity contribution in [3.05, 3.63) is 29.0 Å². The van der Waals surface area contributed by atoms with Gasteiger partial charge in [-0.25, -0.2) is 4.39 Å². The zero-order valence-corrected chi connectivity index (χ0v) is 9.25. The summed E-state index contributed by atoms with van der Waals surface area (Å²) in [6, 6.07) is 4.36. The maximum atomic E-state index is 13.6. The summed E-state index contributed by atoms with van der Waals surface area (Å²) in [7, 11) is 0. The van der Waals surface area contributed by atoms with Gasteiger partial charge in [-0.3, -0.25) is 4.79 Å². The van der Waals surface area contributed by atoms with Crippen molar-refractivity contribution in [2.75, 3.05) is 18.0 Å². The number of rotatable bonds is 1. The highest BCUT2D eigenvalue weighted by molar-refractivity contribution is 6.30. The first-order chi connectivity index (χ1) is 7.58. The van der Waals surface area contributed by atoms with Crippen molar-refractivity contribution in [2.24, 2.45) is 0 Å². The molecule has 1 aliphatic heterocycles. The Kier molecular flexibility index (Phi) is 3.12. The molecule has 0 radical (unpaired) electrons. The Labute approximate surface area is 97.4 Å². The second-order valence-corrected chi connectivity index (χ2v) is 4.21. The molecule has 0 amide bonds. The number of aliphatic hydroxyl groups excluding tert-OH is 1. The predicted octanol–water partition coefficient (Wildman–Crippen LogP) is 1.62. The second kappa shape index (κ2) is 4.39. The van der Waals surface area contributed by atoms with E-state index < -0.39 is 11.9 Å². The van der Waals surface area contributed by atoms with Crippen LogP contribution in [-0.2, 0) is 4.79 Å². The SMILES string of the molecule is O=C1CCN(c2ccc(Cl)cc2F)C[C@@H]1O. The van der Waals surface area contributed by atoms with Gasteiger partial charge in [-0.1, -0.05) is 11.6 Å². The van der Waals surface area contributed by atoms with Gasteiger partial charge in [-0.2, -0.15) is 0 Å². The lowest BCUT2D eigenvalue weighted by Gasteiger charge is -2.31. The van der Waals surface area contributed by atoms with E-state index in [1.807, 2.05) is 0 Å². The molecule has 3 nitrogen and oxygen atoms in total. The zero-order valence-electron chi connectivity index (χ0n) is 8.49. The van der Waals surface area contributed by atoms with E-state index >= 15 is 0 Å². The lowest BCUT2D eigenvalue weighted by Crippen LogP contribution is -2.44. The summed E-state index contributed by atoms with van der Waals surface area (Å²) < 4.78 is 13.6. The smallest absolute Gasteiger partial charge is 0.164 e. The first-order valence-corrected chi connectivity index (χ1v) is 5.36. The van der Waals surface area contributed by atoms with Crippen LogP contribution in [0.25, 0.3) is 0 Å². The summed E-state index contributed by atoms with van der Waals surface area (Å²) in [5.41, 5.74) is 0.371. The van der Waals surface area contributed by atoms with Gasteiger partial charge in [0.25, 0.3) is 0 Å². The van der Waals surface area contributed by atoms with Gasteiger partial charge in [-0.15, -0.1) is 0 Å². The number of ketones is 1. The van der Waals surface area contributed by atoms with Crippen LogP contribution in [-0.4, -0.2) is 30.1 Å². The average Bonchev–Trinajstić information content (AvgIpc) is 2.22. The van der Waals surface area contributed by atoms with Crippen LogP contribution in [0.15, 0.2) is 18.2 Å². The molecule has 5 heteroatoms. The third-order valence-electron chi connectivity index (χ3n) is 2.64. The molecule has 1 heterocycles. The number of halogens is 2. The van der Waals surface area contributed by atoms with Crippen LogP contribution >= 0.6 is 11.6 Å². The Morgan fingerprint density at radius 1 is 1.50 bits per heavy atom. The maximum Gasteiger partial charge on any atom is 0.164 e. The van der Waals surface area contributed by atoms with E-state index in [4.69, 9.17) is 11.6 Å². The fourth-order valence-electron chi connectivity index (χ4n) is 1.77. The van der Waals surface area contributed by atoms with Gasteiger partial charge in [0.15, 0.2) is 5.78 Å². The van der Waals surface area contributed by atoms with Crippen molar-refractivity contribution in [1.82, 2.24) is 0 Å². The number of piperidine rings is 1. The second-order valence-electron chi connectivity index (χ2n) is 3.77.